The predicted octanol–water partition coefficient (Wildman–Crippen LogP) is 4.32. The Labute approximate surface area is 239 Å². The molecule has 1 N–H and O–H groups in total. The van der Waals surface area contributed by atoms with E-state index in [1.54, 1.807) is 33.0 Å². The molecule has 2 rings (SSSR count). The van der Waals surface area contributed by atoms with Gasteiger partial charge in [0.2, 0.25) is 5.91 Å². The van der Waals surface area contributed by atoms with Gasteiger partial charge in [-0.05, 0) is 96.2 Å². The van der Waals surface area contributed by atoms with Crippen LogP contribution in [0.25, 0.3) is 0 Å². The number of hydrogen-bond acceptors (Lipinski definition) is 8. The molecule has 0 radical (unpaired) electrons. The van der Waals surface area contributed by atoms with Crippen LogP contribution in [0.4, 0.5) is 0 Å². The van der Waals surface area contributed by atoms with Crippen molar-refractivity contribution in [3.05, 3.63) is 58.7 Å². The molecule has 2 aromatic carbocycles. The van der Waals surface area contributed by atoms with Crippen LogP contribution < -0.4 is 14.2 Å². The highest BCUT2D eigenvalue weighted by molar-refractivity contribution is 7.87. The average Bonchev–Trinajstić information content (AvgIpc) is 2.84. The lowest BCUT2D eigenvalue weighted by Gasteiger charge is -2.30. The number of nitrogens with zero attached hydrogens (tertiary/aromatic N) is 1. The normalized spacial score (nSPS) is 12.2. The SMILES string of the molecule is CCS(=O)(=O)Oc1ccc(CCN(CC(=O)NC)Cc2cc(C)c(OC(C)(C)C(=O)OC(C)(C)C)c(C)c2)cc1. The van der Waals surface area contributed by atoms with Crippen molar-refractivity contribution < 1.29 is 31.7 Å². The van der Waals surface area contributed by atoms with Crippen LogP contribution in [0.2, 0.25) is 0 Å². The highest BCUT2D eigenvalue weighted by Crippen LogP contribution is 2.30. The van der Waals surface area contributed by atoms with Crippen LogP contribution in [0.3, 0.4) is 0 Å². The van der Waals surface area contributed by atoms with E-state index in [9.17, 15) is 18.0 Å². The molecule has 40 heavy (non-hydrogen) atoms. The van der Waals surface area contributed by atoms with E-state index in [4.69, 9.17) is 13.7 Å². The molecular formula is C30H44N2O7S. The molecule has 0 aliphatic rings. The van der Waals surface area contributed by atoms with Gasteiger partial charge in [0.15, 0.2) is 5.60 Å². The van der Waals surface area contributed by atoms with Crippen molar-refractivity contribution in [1.29, 1.82) is 0 Å². The number of nitrogens with one attached hydrogen (secondary N) is 1. The van der Waals surface area contributed by atoms with Crippen LogP contribution in [0.15, 0.2) is 36.4 Å². The van der Waals surface area contributed by atoms with Crippen molar-refractivity contribution in [2.75, 3.05) is 25.9 Å². The Morgan fingerprint density at radius 3 is 2.02 bits per heavy atom. The van der Waals surface area contributed by atoms with Crippen LogP contribution in [0, 0.1) is 13.8 Å². The molecule has 2 aromatic rings. The van der Waals surface area contributed by atoms with Crippen LogP contribution >= 0.6 is 0 Å². The molecule has 0 saturated heterocycles. The lowest BCUT2D eigenvalue weighted by Crippen LogP contribution is -2.43. The fraction of sp³-hybridized carbons (Fsp3) is 0.533. The number of rotatable bonds is 13. The molecule has 0 spiro atoms. The number of carbonyl (C=O) groups is 2. The first kappa shape index (κ1) is 33.1. The van der Waals surface area contributed by atoms with E-state index in [0.717, 1.165) is 22.3 Å². The maximum absolute atomic E-state index is 12.7. The van der Waals surface area contributed by atoms with E-state index in [2.05, 4.69) is 5.32 Å². The zero-order valence-electron chi connectivity index (χ0n) is 25.2. The summed E-state index contributed by atoms with van der Waals surface area (Å²) in [6, 6.07) is 10.9. The summed E-state index contributed by atoms with van der Waals surface area (Å²) < 4.78 is 40.1. The van der Waals surface area contributed by atoms with Gasteiger partial charge in [-0.2, -0.15) is 8.42 Å². The number of hydrogen-bond donors (Lipinski definition) is 1. The van der Waals surface area contributed by atoms with Crippen LogP contribution in [0.1, 0.15) is 63.8 Å². The second-order valence-electron chi connectivity index (χ2n) is 11.4. The third-order valence-corrected chi connectivity index (χ3v) is 7.19. The summed E-state index contributed by atoms with van der Waals surface area (Å²) in [7, 11) is -1.97. The van der Waals surface area contributed by atoms with Crippen LogP contribution in [-0.4, -0.2) is 62.3 Å². The predicted molar refractivity (Wildman–Crippen MR) is 156 cm³/mol. The first-order valence-corrected chi connectivity index (χ1v) is 15.0. The molecule has 0 fully saturated rings. The van der Waals surface area contributed by atoms with E-state index in [-0.39, 0.29) is 24.0 Å². The molecule has 0 atom stereocenters. The van der Waals surface area contributed by atoms with Gasteiger partial charge < -0.3 is 19.0 Å². The number of aryl methyl sites for hydroxylation is 2. The average molecular weight is 577 g/mol. The van der Waals surface area contributed by atoms with E-state index < -0.39 is 27.3 Å². The Balaban J connectivity index is 2.16. The van der Waals surface area contributed by atoms with Gasteiger partial charge in [-0.15, -0.1) is 0 Å². The third kappa shape index (κ3) is 10.5. The summed E-state index contributed by atoms with van der Waals surface area (Å²) in [5.74, 6) is 0.268. The third-order valence-electron chi connectivity index (χ3n) is 6.04. The molecule has 0 heterocycles. The minimum Gasteiger partial charge on any atom is -0.476 e. The Kier molecular flexibility index (Phi) is 11.2. The fourth-order valence-electron chi connectivity index (χ4n) is 3.95. The Bertz CT molecular complexity index is 1260. The summed E-state index contributed by atoms with van der Waals surface area (Å²) >= 11 is 0. The monoisotopic (exact) mass is 576 g/mol. The molecule has 0 saturated carbocycles. The van der Waals surface area contributed by atoms with Crippen molar-refractivity contribution in [1.82, 2.24) is 10.2 Å². The highest BCUT2D eigenvalue weighted by Gasteiger charge is 2.35. The lowest BCUT2D eigenvalue weighted by molar-refractivity contribution is -0.171. The summed E-state index contributed by atoms with van der Waals surface area (Å²) in [4.78, 5) is 27.0. The number of amides is 1. The molecule has 222 valence electrons. The second-order valence-corrected chi connectivity index (χ2v) is 13.2. The number of benzene rings is 2. The summed E-state index contributed by atoms with van der Waals surface area (Å²) in [5, 5.41) is 2.68. The standard InChI is InChI=1S/C30H44N2O7S/c1-10-40(35,36)39-25-13-11-23(12-14-25)15-16-32(20-26(33)31-9)19-24-17-21(2)27(22(3)18-24)37-30(7,8)28(34)38-29(4,5)6/h11-14,17-18H,10,15-16,19-20H2,1-9H3,(H,31,33). The first-order chi connectivity index (χ1) is 18.4. The van der Waals surface area contributed by atoms with Crippen LogP contribution in [0.5, 0.6) is 11.5 Å². The number of esters is 1. The minimum absolute atomic E-state index is 0.0963. The Hall–Kier alpha value is -3.11. The van der Waals surface area contributed by atoms with Gasteiger partial charge in [0.1, 0.15) is 17.1 Å². The molecule has 10 heteroatoms. The van der Waals surface area contributed by atoms with Crippen LogP contribution in [-0.2, 0) is 37.4 Å². The van der Waals surface area contributed by atoms with Crippen molar-refractivity contribution in [2.45, 2.75) is 79.6 Å². The Morgan fingerprint density at radius 2 is 1.52 bits per heavy atom. The first-order valence-electron chi connectivity index (χ1n) is 13.4. The quantitative estimate of drug-likeness (QED) is 0.277. The van der Waals surface area contributed by atoms with Gasteiger partial charge in [0.05, 0.1) is 12.3 Å². The van der Waals surface area contributed by atoms with Gasteiger partial charge >= 0.3 is 16.1 Å². The number of ether oxygens (including phenoxy) is 2. The second kappa shape index (κ2) is 13.5. The smallest absolute Gasteiger partial charge is 0.350 e. The van der Waals surface area contributed by atoms with E-state index in [1.807, 2.05) is 63.8 Å². The largest absolute Gasteiger partial charge is 0.476 e. The van der Waals surface area contributed by atoms with Gasteiger partial charge in [0, 0.05) is 20.1 Å². The van der Waals surface area contributed by atoms with Gasteiger partial charge in [-0.3, -0.25) is 9.69 Å². The summed E-state index contributed by atoms with van der Waals surface area (Å²) in [6.45, 7) is 15.6. The maximum Gasteiger partial charge on any atom is 0.350 e. The van der Waals surface area contributed by atoms with Crippen molar-refractivity contribution >= 4 is 22.0 Å². The Morgan fingerprint density at radius 1 is 0.950 bits per heavy atom. The molecule has 0 aromatic heterocycles. The van der Waals surface area contributed by atoms with E-state index in [1.165, 1.54) is 6.92 Å². The van der Waals surface area contributed by atoms with E-state index in [0.29, 0.717) is 25.3 Å². The zero-order valence-corrected chi connectivity index (χ0v) is 26.0. The van der Waals surface area contributed by atoms with Gasteiger partial charge in [0.25, 0.3) is 0 Å². The summed E-state index contributed by atoms with van der Waals surface area (Å²) in [5.41, 5.74) is 1.97. The number of carbonyl (C=O) groups excluding carboxylic acids is 2. The van der Waals surface area contributed by atoms with Gasteiger partial charge in [-0.1, -0.05) is 24.3 Å². The van der Waals surface area contributed by atoms with Crippen molar-refractivity contribution in [3.63, 3.8) is 0 Å². The lowest BCUT2D eigenvalue weighted by atomic mass is 10.0. The minimum atomic E-state index is -3.58. The van der Waals surface area contributed by atoms with Crippen molar-refractivity contribution in [2.24, 2.45) is 0 Å². The summed E-state index contributed by atoms with van der Waals surface area (Å²) in [6.07, 6.45) is 0.654. The maximum atomic E-state index is 12.7. The molecule has 0 aliphatic heterocycles. The fourth-order valence-corrected chi connectivity index (χ4v) is 4.47. The van der Waals surface area contributed by atoms with Crippen molar-refractivity contribution in [3.8, 4) is 11.5 Å². The zero-order chi connectivity index (χ0) is 30.3. The number of likely N-dealkylation sites (N-methyl/N-ethyl adjacent to an activating group) is 1. The molecule has 0 aliphatic carbocycles. The highest BCUT2D eigenvalue weighted by atomic mass is 32.2. The topological polar surface area (TPSA) is 111 Å². The molecule has 9 nitrogen and oxygen atoms in total. The molecule has 0 unspecified atom stereocenters. The molecule has 1 amide bonds. The van der Waals surface area contributed by atoms with E-state index >= 15 is 0 Å². The molecular weight excluding hydrogens is 532 g/mol. The van der Waals surface area contributed by atoms with Gasteiger partial charge in [-0.25, -0.2) is 4.79 Å². The molecule has 0 bridgehead atoms.